The average molecular weight is 401 g/mol. The number of hydrogen-bond donors (Lipinski definition) is 1. The largest absolute Gasteiger partial charge is 0.438 e. The highest BCUT2D eigenvalue weighted by Gasteiger charge is 2.12. The first kappa shape index (κ1) is 15.5. The summed E-state index contributed by atoms with van der Waals surface area (Å²) in [5.41, 5.74) is 1.74. The Hall–Kier alpha value is -0.910. The van der Waals surface area contributed by atoms with Gasteiger partial charge in [0, 0.05) is 20.7 Å². The van der Waals surface area contributed by atoms with Crippen LogP contribution in [0.2, 0.25) is 0 Å². The molecule has 0 bridgehead atoms. The van der Waals surface area contributed by atoms with Crippen LogP contribution in [0.1, 0.15) is 30.9 Å². The molecule has 106 valence electrons. The number of rotatable bonds is 4. The molecule has 0 aliphatic carbocycles. The molecule has 0 saturated heterocycles. The summed E-state index contributed by atoms with van der Waals surface area (Å²) in [6.07, 6.45) is 1.66. The van der Waals surface area contributed by atoms with Crippen molar-refractivity contribution in [2.24, 2.45) is 0 Å². The summed E-state index contributed by atoms with van der Waals surface area (Å²) in [6.45, 7) is 4.10. The summed E-state index contributed by atoms with van der Waals surface area (Å²) in [5, 5.41) is 9.40. The molecule has 2 rings (SSSR count). The summed E-state index contributed by atoms with van der Waals surface area (Å²) >= 11 is 6.80. The zero-order valence-electron chi connectivity index (χ0n) is 11.2. The van der Waals surface area contributed by atoms with E-state index in [9.17, 15) is 5.11 Å². The topological polar surface area (TPSA) is 42.4 Å². The van der Waals surface area contributed by atoms with Crippen molar-refractivity contribution < 1.29 is 9.84 Å². The zero-order valence-corrected chi connectivity index (χ0v) is 14.4. The molecule has 1 N–H and O–H groups in total. The molecular weight excluding hydrogens is 386 g/mol. The highest BCUT2D eigenvalue weighted by Crippen LogP contribution is 2.33. The van der Waals surface area contributed by atoms with E-state index in [1.807, 2.05) is 18.2 Å². The van der Waals surface area contributed by atoms with E-state index in [2.05, 4.69) is 50.7 Å². The maximum atomic E-state index is 9.40. The number of aliphatic hydroxyl groups excluding tert-OH is 1. The van der Waals surface area contributed by atoms with Crippen LogP contribution >= 0.6 is 31.9 Å². The Balaban J connectivity index is 2.39. The van der Waals surface area contributed by atoms with Gasteiger partial charge in [0.2, 0.25) is 5.88 Å². The number of aromatic nitrogens is 1. The predicted octanol–water partition coefficient (Wildman–Crippen LogP) is 5.01. The fourth-order valence-corrected chi connectivity index (χ4v) is 2.60. The summed E-state index contributed by atoms with van der Waals surface area (Å²) in [4.78, 5) is 4.23. The standard InChI is InChI=1S/C15H15Br2NO2/c1-9(2)13-6-11(16)3-4-14(13)20-15-10(8-19)5-12(17)7-18-15/h3-7,9,19H,8H2,1-2H3. The van der Waals surface area contributed by atoms with E-state index in [-0.39, 0.29) is 6.61 Å². The zero-order chi connectivity index (χ0) is 14.7. The summed E-state index contributed by atoms with van der Waals surface area (Å²) < 4.78 is 7.72. The van der Waals surface area contributed by atoms with Crippen LogP contribution in [0.15, 0.2) is 39.4 Å². The smallest absolute Gasteiger partial charge is 0.224 e. The molecule has 20 heavy (non-hydrogen) atoms. The van der Waals surface area contributed by atoms with E-state index in [0.29, 0.717) is 17.4 Å². The third-order valence-corrected chi connectivity index (χ3v) is 3.79. The lowest BCUT2D eigenvalue weighted by Gasteiger charge is -2.15. The van der Waals surface area contributed by atoms with Crippen molar-refractivity contribution in [1.29, 1.82) is 0 Å². The minimum absolute atomic E-state index is 0.116. The molecule has 0 aliphatic rings. The number of pyridine rings is 1. The van der Waals surface area contributed by atoms with Gasteiger partial charge < -0.3 is 9.84 Å². The highest BCUT2D eigenvalue weighted by molar-refractivity contribution is 9.10. The summed E-state index contributed by atoms with van der Waals surface area (Å²) in [5.74, 6) is 1.52. The molecule has 0 aliphatic heterocycles. The quantitative estimate of drug-likeness (QED) is 0.783. The first-order valence-electron chi connectivity index (χ1n) is 6.24. The van der Waals surface area contributed by atoms with Crippen LogP contribution in [-0.4, -0.2) is 10.1 Å². The maximum absolute atomic E-state index is 9.40. The van der Waals surface area contributed by atoms with Crippen molar-refractivity contribution in [3.05, 3.63) is 50.5 Å². The van der Waals surface area contributed by atoms with Gasteiger partial charge in [-0.15, -0.1) is 0 Å². The third kappa shape index (κ3) is 3.59. The molecule has 0 saturated carbocycles. The molecule has 3 nitrogen and oxygen atoms in total. The Morgan fingerprint density at radius 2 is 1.95 bits per heavy atom. The van der Waals surface area contributed by atoms with Crippen LogP contribution in [-0.2, 0) is 6.61 Å². The molecule has 1 heterocycles. The summed E-state index contributed by atoms with van der Waals surface area (Å²) in [6, 6.07) is 7.68. The van der Waals surface area contributed by atoms with E-state index in [4.69, 9.17) is 4.74 Å². The van der Waals surface area contributed by atoms with Crippen LogP contribution in [0.25, 0.3) is 0 Å². The molecule has 1 aromatic heterocycles. The number of nitrogens with zero attached hydrogens (tertiary/aromatic N) is 1. The molecule has 0 fully saturated rings. The molecule has 0 spiro atoms. The second-order valence-corrected chi connectivity index (χ2v) is 6.55. The Morgan fingerprint density at radius 3 is 2.60 bits per heavy atom. The Bertz CT molecular complexity index is 615. The van der Waals surface area contributed by atoms with Gasteiger partial charge in [-0.1, -0.05) is 29.8 Å². The van der Waals surface area contributed by atoms with Gasteiger partial charge in [-0.2, -0.15) is 0 Å². The number of halogens is 2. The molecule has 1 aromatic carbocycles. The Kier molecular flexibility index (Phi) is 5.18. The number of aliphatic hydroxyl groups is 1. The van der Waals surface area contributed by atoms with Crippen molar-refractivity contribution in [3.8, 4) is 11.6 Å². The van der Waals surface area contributed by atoms with E-state index < -0.39 is 0 Å². The van der Waals surface area contributed by atoms with Crippen LogP contribution < -0.4 is 4.74 Å². The lowest BCUT2D eigenvalue weighted by atomic mass is 10.0. The first-order valence-corrected chi connectivity index (χ1v) is 7.82. The van der Waals surface area contributed by atoms with Gasteiger partial charge in [0.25, 0.3) is 0 Å². The van der Waals surface area contributed by atoms with Crippen LogP contribution in [0.4, 0.5) is 0 Å². The molecule has 0 unspecified atom stereocenters. The second-order valence-electron chi connectivity index (χ2n) is 4.71. The minimum Gasteiger partial charge on any atom is -0.438 e. The van der Waals surface area contributed by atoms with Gasteiger partial charge in [0.1, 0.15) is 5.75 Å². The van der Waals surface area contributed by atoms with Crippen LogP contribution in [0, 0.1) is 0 Å². The SMILES string of the molecule is CC(C)c1cc(Br)ccc1Oc1ncc(Br)cc1CO. The first-order chi connectivity index (χ1) is 9.51. The molecular formula is C15H15Br2NO2. The highest BCUT2D eigenvalue weighted by atomic mass is 79.9. The van der Waals surface area contributed by atoms with Gasteiger partial charge in [0.15, 0.2) is 0 Å². The molecule has 5 heteroatoms. The molecule has 0 radical (unpaired) electrons. The molecule has 0 atom stereocenters. The minimum atomic E-state index is -0.116. The number of benzene rings is 1. The summed E-state index contributed by atoms with van der Waals surface area (Å²) in [7, 11) is 0. The predicted molar refractivity (Wildman–Crippen MR) is 86.2 cm³/mol. The number of ether oxygens (including phenoxy) is 1. The molecule has 0 amide bonds. The third-order valence-electron chi connectivity index (χ3n) is 2.86. The lowest BCUT2D eigenvalue weighted by molar-refractivity contribution is 0.274. The van der Waals surface area contributed by atoms with Crippen molar-refractivity contribution in [1.82, 2.24) is 4.98 Å². The van der Waals surface area contributed by atoms with Crippen molar-refractivity contribution in [2.75, 3.05) is 0 Å². The lowest BCUT2D eigenvalue weighted by Crippen LogP contribution is -1.99. The van der Waals surface area contributed by atoms with Gasteiger partial charge in [-0.05, 0) is 51.7 Å². The fraction of sp³-hybridized carbons (Fsp3) is 0.267. The monoisotopic (exact) mass is 399 g/mol. The fourth-order valence-electron chi connectivity index (χ4n) is 1.84. The maximum Gasteiger partial charge on any atom is 0.224 e. The van der Waals surface area contributed by atoms with Crippen molar-refractivity contribution in [2.45, 2.75) is 26.4 Å². The van der Waals surface area contributed by atoms with Crippen LogP contribution in [0.3, 0.4) is 0 Å². The van der Waals surface area contributed by atoms with Gasteiger partial charge >= 0.3 is 0 Å². The van der Waals surface area contributed by atoms with Gasteiger partial charge in [0.05, 0.1) is 6.61 Å². The van der Waals surface area contributed by atoms with Gasteiger partial charge in [-0.3, -0.25) is 0 Å². The second kappa shape index (κ2) is 6.70. The Morgan fingerprint density at radius 1 is 1.20 bits per heavy atom. The van der Waals surface area contributed by atoms with E-state index in [1.165, 1.54) is 0 Å². The van der Waals surface area contributed by atoms with Crippen molar-refractivity contribution in [3.63, 3.8) is 0 Å². The Labute approximate surface area is 135 Å². The molecule has 2 aromatic rings. The van der Waals surface area contributed by atoms with Gasteiger partial charge in [-0.25, -0.2) is 4.98 Å². The number of hydrogen-bond acceptors (Lipinski definition) is 3. The normalized spacial score (nSPS) is 10.9. The van der Waals surface area contributed by atoms with Crippen molar-refractivity contribution >= 4 is 31.9 Å². The van der Waals surface area contributed by atoms with E-state index in [0.717, 1.165) is 20.3 Å². The average Bonchev–Trinajstić information content (AvgIpc) is 2.42. The van der Waals surface area contributed by atoms with Crippen LogP contribution in [0.5, 0.6) is 11.6 Å². The van der Waals surface area contributed by atoms with E-state index in [1.54, 1.807) is 12.3 Å². The van der Waals surface area contributed by atoms with E-state index >= 15 is 0 Å².